The molecule has 0 radical (unpaired) electrons. The van der Waals surface area contributed by atoms with Crippen LogP contribution in [0, 0.1) is 30.9 Å². The van der Waals surface area contributed by atoms with Crippen molar-refractivity contribution in [2.75, 3.05) is 6.61 Å². The normalized spacial score (nSPS) is 10.7. The number of hydrogen-bond acceptors (Lipinski definition) is 5. The Labute approximate surface area is 145 Å². The number of nitro groups is 1. The van der Waals surface area contributed by atoms with Crippen LogP contribution in [0.5, 0.6) is 5.75 Å². The Balaban J connectivity index is 1.96. The number of amides is 1. The summed E-state index contributed by atoms with van der Waals surface area (Å²) in [6.45, 7) is 5.62. The Hall–Kier alpha value is -3.22. The molecule has 0 heterocycles. The third-order valence-corrected chi connectivity index (χ3v) is 3.75. The molecule has 0 saturated heterocycles. The summed E-state index contributed by atoms with van der Waals surface area (Å²) >= 11 is 0. The zero-order valence-electron chi connectivity index (χ0n) is 14.3. The molecule has 1 amide bonds. The first-order chi connectivity index (χ1) is 11.9. The Morgan fingerprint density at radius 1 is 1.20 bits per heavy atom. The summed E-state index contributed by atoms with van der Waals surface area (Å²) in [4.78, 5) is 22.3. The Morgan fingerprint density at radius 3 is 2.60 bits per heavy atom. The summed E-state index contributed by atoms with van der Waals surface area (Å²) in [5.41, 5.74) is 5.53. The number of nitrogens with zero attached hydrogens (tertiary/aromatic N) is 2. The number of rotatable bonds is 6. The van der Waals surface area contributed by atoms with Crippen LogP contribution in [0.4, 0.5) is 5.69 Å². The van der Waals surface area contributed by atoms with Gasteiger partial charge < -0.3 is 4.74 Å². The average Bonchev–Trinajstić information content (AvgIpc) is 2.58. The van der Waals surface area contributed by atoms with E-state index in [0.717, 1.165) is 16.7 Å². The molecule has 0 bridgehead atoms. The van der Waals surface area contributed by atoms with Crippen LogP contribution in [-0.2, 0) is 4.79 Å². The first-order valence-electron chi connectivity index (χ1n) is 7.65. The quantitative estimate of drug-likeness (QED) is 0.496. The van der Waals surface area contributed by atoms with Gasteiger partial charge in [-0.3, -0.25) is 14.9 Å². The number of carbonyl (C=O) groups excluding carboxylic acids is 1. The molecule has 0 fully saturated rings. The van der Waals surface area contributed by atoms with Gasteiger partial charge in [-0.25, -0.2) is 5.43 Å². The lowest BCUT2D eigenvalue weighted by atomic mass is 10.1. The molecule has 1 N–H and O–H groups in total. The van der Waals surface area contributed by atoms with E-state index in [-0.39, 0.29) is 12.3 Å². The molecule has 0 aromatic heterocycles. The van der Waals surface area contributed by atoms with E-state index in [1.807, 2.05) is 32.9 Å². The van der Waals surface area contributed by atoms with Crippen LogP contribution in [0.15, 0.2) is 41.5 Å². The molecule has 0 aliphatic carbocycles. The van der Waals surface area contributed by atoms with Crippen LogP contribution in [0.1, 0.15) is 22.3 Å². The zero-order chi connectivity index (χ0) is 18.4. The van der Waals surface area contributed by atoms with Gasteiger partial charge in [0, 0.05) is 6.07 Å². The molecule has 0 atom stereocenters. The maximum atomic E-state index is 11.8. The highest BCUT2D eigenvalue weighted by atomic mass is 16.6. The molecule has 2 aromatic rings. The lowest BCUT2D eigenvalue weighted by molar-refractivity contribution is -0.385. The summed E-state index contributed by atoms with van der Waals surface area (Å²) in [7, 11) is 0. The van der Waals surface area contributed by atoms with Gasteiger partial charge in [-0.1, -0.05) is 24.3 Å². The number of hydrogen-bond donors (Lipinski definition) is 1. The van der Waals surface area contributed by atoms with Crippen molar-refractivity contribution in [3.8, 4) is 5.75 Å². The fraction of sp³-hybridized carbons (Fsp3) is 0.222. The second-order valence-electron chi connectivity index (χ2n) is 5.55. The number of carbonyl (C=O) groups is 1. The van der Waals surface area contributed by atoms with E-state index in [1.165, 1.54) is 12.3 Å². The molecule has 2 aromatic carbocycles. The minimum atomic E-state index is -0.504. The zero-order valence-corrected chi connectivity index (χ0v) is 14.3. The minimum absolute atomic E-state index is 0.0808. The maximum absolute atomic E-state index is 11.8. The summed E-state index contributed by atoms with van der Waals surface area (Å²) in [6.07, 6.45) is 1.24. The molecule has 7 heteroatoms. The van der Waals surface area contributed by atoms with Gasteiger partial charge in [0.2, 0.25) is 0 Å². The van der Waals surface area contributed by atoms with E-state index < -0.39 is 10.8 Å². The van der Waals surface area contributed by atoms with Crippen molar-refractivity contribution in [1.82, 2.24) is 5.43 Å². The van der Waals surface area contributed by atoms with E-state index in [4.69, 9.17) is 4.74 Å². The lowest BCUT2D eigenvalue weighted by Gasteiger charge is -2.13. The largest absolute Gasteiger partial charge is 0.483 e. The molecule has 0 unspecified atom stereocenters. The molecular formula is C18H19N3O4. The van der Waals surface area contributed by atoms with Crippen LogP contribution in [0.25, 0.3) is 0 Å². The topological polar surface area (TPSA) is 93.8 Å². The van der Waals surface area contributed by atoms with Gasteiger partial charge in [0.05, 0.1) is 16.7 Å². The molecule has 0 spiro atoms. The minimum Gasteiger partial charge on any atom is -0.483 e. The predicted octanol–water partition coefficient (Wildman–Crippen LogP) is 3.05. The van der Waals surface area contributed by atoms with E-state index >= 15 is 0 Å². The number of nitro benzene ring substituents is 1. The first kappa shape index (κ1) is 18.1. The van der Waals surface area contributed by atoms with Crippen molar-refractivity contribution < 1.29 is 14.5 Å². The predicted molar refractivity (Wildman–Crippen MR) is 95.0 cm³/mol. The second kappa shape index (κ2) is 8.05. The van der Waals surface area contributed by atoms with Gasteiger partial charge in [-0.15, -0.1) is 0 Å². The maximum Gasteiger partial charge on any atom is 0.278 e. The summed E-state index contributed by atoms with van der Waals surface area (Å²) in [5.74, 6) is 0.230. The average molecular weight is 341 g/mol. The molecular weight excluding hydrogens is 322 g/mol. The number of aryl methyl sites for hydroxylation is 2. The number of ether oxygens (including phenoxy) is 1. The number of hydrazone groups is 1. The molecule has 0 saturated carbocycles. The van der Waals surface area contributed by atoms with Crippen LogP contribution in [0.3, 0.4) is 0 Å². The first-order valence-corrected chi connectivity index (χ1v) is 7.65. The Morgan fingerprint density at radius 2 is 1.88 bits per heavy atom. The Kier molecular flexibility index (Phi) is 5.84. The number of nitrogens with one attached hydrogen (secondary N) is 1. The van der Waals surface area contributed by atoms with E-state index in [2.05, 4.69) is 10.5 Å². The van der Waals surface area contributed by atoms with Gasteiger partial charge in [0.15, 0.2) is 6.61 Å². The number of benzene rings is 2. The molecule has 2 rings (SSSR count). The van der Waals surface area contributed by atoms with E-state index in [9.17, 15) is 14.9 Å². The summed E-state index contributed by atoms with van der Waals surface area (Å²) in [6, 6.07) is 10.1. The smallest absolute Gasteiger partial charge is 0.278 e. The van der Waals surface area contributed by atoms with Crippen molar-refractivity contribution in [3.05, 3.63) is 68.8 Å². The summed E-state index contributed by atoms with van der Waals surface area (Å²) in [5, 5.41) is 14.7. The lowest BCUT2D eigenvalue weighted by Crippen LogP contribution is -2.25. The van der Waals surface area contributed by atoms with Gasteiger partial charge >= 0.3 is 0 Å². The Bertz CT molecular complexity index is 831. The molecule has 0 aliphatic rings. The molecule has 130 valence electrons. The van der Waals surface area contributed by atoms with E-state index in [1.54, 1.807) is 18.2 Å². The van der Waals surface area contributed by atoms with Gasteiger partial charge in [-0.05, 0) is 43.5 Å². The second-order valence-corrected chi connectivity index (χ2v) is 5.55. The third kappa shape index (κ3) is 4.63. The highest BCUT2D eigenvalue weighted by molar-refractivity contribution is 5.86. The highest BCUT2D eigenvalue weighted by Gasteiger charge is 2.11. The summed E-state index contributed by atoms with van der Waals surface area (Å²) < 4.78 is 5.58. The third-order valence-electron chi connectivity index (χ3n) is 3.75. The number of para-hydroxylation sites is 1. The van der Waals surface area contributed by atoms with Gasteiger partial charge in [0.25, 0.3) is 11.6 Å². The standard InChI is InChI=1S/C18H19N3O4/c1-12-8-9-13(2)18(14(12)3)25-11-17(22)20-19-10-15-6-4-5-7-16(15)21(23)24/h4-10H,11H2,1-3H3,(H,20,22). The van der Waals surface area contributed by atoms with Crippen molar-refractivity contribution in [2.24, 2.45) is 5.10 Å². The van der Waals surface area contributed by atoms with Crippen LogP contribution >= 0.6 is 0 Å². The molecule has 25 heavy (non-hydrogen) atoms. The highest BCUT2D eigenvalue weighted by Crippen LogP contribution is 2.25. The monoisotopic (exact) mass is 341 g/mol. The SMILES string of the molecule is Cc1ccc(C)c(OCC(=O)NN=Cc2ccccc2[N+](=O)[O-])c1C. The fourth-order valence-corrected chi connectivity index (χ4v) is 2.25. The van der Waals surface area contributed by atoms with Gasteiger partial charge in [0.1, 0.15) is 5.75 Å². The molecule has 7 nitrogen and oxygen atoms in total. The van der Waals surface area contributed by atoms with E-state index in [0.29, 0.717) is 11.3 Å². The van der Waals surface area contributed by atoms with Crippen molar-refractivity contribution in [1.29, 1.82) is 0 Å². The van der Waals surface area contributed by atoms with Gasteiger partial charge in [-0.2, -0.15) is 5.10 Å². The van der Waals surface area contributed by atoms with Crippen molar-refractivity contribution in [2.45, 2.75) is 20.8 Å². The van der Waals surface area contributed by atoms with Crippen molar-refractivity contribution in [3.63, 3.8) is 0 Å². The fourth-order valence-electron chi connectivity index (χ4n) is 2.25. The van der Waals surface area contributed by atoms with Crippen LogP contribution in [-0.4, -0.2) is 23.7 Å². The molecule has 0 aliphatic heterocycles. The van der Waals surface area contributed by atoms with Crippen LogP contribution in [0.2, 0.25) is 0 Å². The van der Waals surface area contributed by atoms with Crippen LogP contribution < -0.4 is 10.2 Å². The van der Waals surface area contributed by atoms with Crippen molar-refractivity contribution >= 4 is 17.8 Å².